The molecule has 0 aliphatic carbocycles. The summed E-state index contributed by atoms with van der Waals surface area (Å²) in [4.78, 5) is 4.77. The normalized spacial score (nSPS) is 20.8. The summed E-state index contributed by atoms with van der Waals surface area (Å²) >= 11 is 0. The molecule has 0 amide bonds. The van der Waals surface area contributed by atoms with Crippen molar-refractivity contribution in [1.82, 2.24) is 0 Å². The number of hydrogen-bond acceptors (Lipinski definition) is 3. The molecule has 3 heteroatoms. The van der Waals surface area contributed by atoms with Crippen LogP contribution in [0.4, 0.5) is 0 Å². The van der Waals surface area contributed by atoms with Crippen LogP contribution in [0.3, 0.4) is 0 Å². The summed E-state index contributed by atoms with van der Waals surface area (Å²) in [6, 6.07) is 8.22. The lowest BCUT2D eigenvalue weighted by molar-refractivity contribution is 0.178. The van der Waals surface area contributed by atoms with Gasteiger partial charge in [-0.25, -0.2) is 0 Å². The number of rotatable bonds is 6. The molecule has 2 atom stereocenters. The van der Waals surface area contributed by atoms with Gasteiger partial charge in [0.1, 0.15) is 11.8 Å². The van der Waals surface area contributed by atoms with Gasteiger partial charge in [0.25, 0.3) is 0 Å². The molecule has 1 heterocycles. The molecule has 0 saturated carbocycles. The van der Waals surface area contributed by atoms with Gasteiger partial charge in [-0.15, -0.1) is 0 Å². The minimum atomic E-state index is -0.0851. The Morgan fingerprint density at radius 1 is 1.35 bits per heavy atom. The highest BCUT2D eigenvalue weighted by Crippen LogP contribution is 2.36. The first-order valence-electron chi connectivity index (χ1n) is 6.74. The van der Waals surface area contributed by atoms with Gasteiger partial charge in [0, 0.05) is 25.2 Å². The average molecular weight is 271 g/mol. The van der Waals surface area contributed by atoms with Gasteiger partial charge in [-0.05, 0) is 18.1 Å². The second-order valence-electron chi connectivity index (χ2n) is 4.81. The summed E-state index contributed by atoms with van der Waals surface area (Å²) in [6.07, 6.45) is 2.68. The van der Waals surface area contributed by atoms with E-state index >= 15 is 0 Å². The monoisotopic (exact) mass is 271 g/mol. The molecule has 0 bridgehead atoms. The average Bonchev–Trinajstić information content (AvgIpc) is 2.51. The van der Waals surface area contributed by atoms with Crippen molar-refractivity contribution < 1.29 is 9.47 Å². The topological polar surface area (TPSA) is 30.8 Å². The highest BCUT2D eigenvalue weighted by Gasteiger charge is 2.32. The molecule has 1 aliphatic rings. The van der Waals surface area contributed by atoms with E-state index in [-0.39, 0.29) is 12.0 Å². The summed E-state index contributed by atoms with van der Waals surface area (Å²) < 4.78 is 10.6. The van der Waals surface area contributed by atoms with E-state index in [0.29, 0.717) is 12.4 Å². The highest BCUT2D eigenvalue weighted by atomic mass is 16.5. The zero-order chi connectivity index (χ0) is 14.5. The first-order chi connectivity index (χ1) is 9.72. The molecule has 0 aromatic heterocycles. The number of ether oxygens (including phenoxy) is 2. The smallest absolute Gasteiger partial charge is 0.114 e. The Morgan fingerprint density at radius 3 is 2.75 bits per heavy atom. The Labute approximate surface area is 120 Å². The van der Waals surface area contributed by atoms with Crippen LogP contribution < -0.4 is 0 Å². The predicted octanol–water partition coefficient (Wildman–Crippen LogP) is 3.32. The second-order valence-corrected chi connectivity index (χ2v) is 4.81. The minimum absolute atomic E-state index is 0.0851. The second kappa shape index (κ2) is 6.53. The molecule has 0 radical (unpaired) electrons. The number of benzene rings is 1. The number of aliphatic imine (C=N–C) groups is 1. The molecular weight excluding hydrogens is 250 g/mol. The molecule has 1 aliphatic heterocycles. The fraction of sp³-hybridized carbons (Fsp3) is 0.353. The fourth-order valence-corrected chi connectivity index (χ4v) is 2.67. The summed E-state index contributed by atoms with van der Waals surface area (Å²) in [6.45, 7) is 8.54. The number of hydrogen-bond donors (Lipinski definition) is 0. The van der Waals surface area contributed by atoms with Crippen molar-refractivity contribution in [2.45, 2.75) is 18.4 Å². The molecule has 2 rings (SSSR count). The lowest BCUT2D eigenvalue weighted by Gasteiger charge is -2.31. The molecule has 0 spiro atoms. The Bertz CT molecular complexity index is 534. The summed E-state index contributed by atoms with van der Waals surface area (Å²) in [5.41, 5.74) is 3.30. The van der Waals surface area contributed by atoms with Crippen molar-refractivity contribution in [3.05, 3.63) is 60.4 Å². The SMILES string of the molecule is C=CC1=NC(C(=C)OC)C(CCOC)c2ccccc21. The van der Waals surface area contributed by atoms with E-state index in [1.165, 1.54) is 5.56 Å². The molecule has 2 unspecified atom stereocenters. The van der Waals surface area contributed by atoms with E-state index in [1.54, 1.807) is 20.3 Å². The Hall–Kier alpha value is -1.87. The fourth-order valence-electron chi connectivity index (χ4n) is 2.67. The van der Waals surface area contributed by atoms with Crippen LogP contribution >= 0.6 is 0 Å². The van der Waals surface area contributed by atoms with Gasteiger partial charge in [-0.3, -0.25) is 4.99 Å². The maximum Gasteiger partial charge on any atom is 0.114 e. The molecule has 0 saturated heterocycles. The van der Waals surface area contributed by atoms with E-state index in [2.05, 4.69) is 31.4 Å². The van der Waals surface area contributed by atoms with Crippen molar-refractivity contribution in [3.63, 3.8) is 0 Å². The Morgan fingerprint density at radius 2 is 2.10 bits per heavy atom. The summed E-state index contributed by atoms with van der Waals surface area (Å²) in [5.74, 6) is 0.905. The van der Waals surface area contributed by atoms with E-state index in [1.807, 2.05) is 6.07 Å². The lowest BCUT2D eigenvalue weighted by Crippen LogP contribution is -2.28. The summed E-state index contributed by atoms with van der Waals surface area (Å²) in [7, 11) is 3.35. The Balaban J connectivity index is 2.47. The molecular formula is C17H21NO2. The van der Waals surface area contributed by atoms with Crippen molar-refractivity contribution in [2.24, 2.45) is 4.99 Å². The maximum absolute atomic E-state index is 5.33. The predicted molar refractivity (Wildman–Crippen MR) is 82.3 cm³/mol. The molecule has 1 aromatic rings. The van der Waals surface area contributed by atoms with Gasteiger partial charge in [0.15, 0.2) is 0 Å². The first-order valence-corrected chi connectivity index (χ1v) is 6.74. The third-order valence-electron chi connectivity index (χ3n) is 3.71. The van der Waals surface area contributed by atoms with E-state index < -0.39 is 0 Å². The van der Waals surface area contributed by atoms with Crippen LogP contribution in [0.2, 0.25) is 0 Å². The van der Waals surface area contributed by atoms with Crippen LogP contribution in [-0.2, 0) is 9.47 Å². The lowest BCUT2D eigenvalue weighted by atomic mass is 9.81. The number of methoxy groups -OCH3 is 2. The zero-order valence-corrected chi connectivity index (χ0v) is 12.1. The molecule has 0 N–H and O–H groups in total. The van der Waals surface area contributed by atoms with Crippen LogP contribution in [0.5, 0.6) is 0 Å². The quantitative estimate of drug-likeness (QED) is 0.743. The van der Waals surface area contributed by atoms with Crippen LogP contribution in [-0.4, -0.2) is 32.6 Å². The third kappa shape index (κ3) is 2.68. The maximum atomic E-state index is 5.33. The van der Waals surface area contributed by atoms with E-state index in [9.17, 15) is 0 Å². The van der Waals surface area contributed by atoms with Gasteiger partial charge in [0.05, 0.1) is 12.8 Å². The minimum Gasteiger partial charge on any atom is -0.499 e. The van der Waals surface area contributed by atoms with Gasteiger partial charge in [0.2, 0.25) is 0 Å². The summed E-state index contributed by atoms with van der Waals surface area (Å²) in [5, 5.41) is 0. The third-order valence-corrected chi connectivity index (χ3v) is 3.71. The highest BCUT2D eigenvalue weighted by molar-refractivity contribution is 6.10. The van der Waals surface area contributed by atoms with Crippen molar-refractivity contribution in [1.29, 1.82) is 0 Å². The largest absolute Gasteiger partial charge is 0.499 e. The first kappa shape index (κ1) is 14.5. The van der Waals surface area contributed by atoms with Crippen LogP contribution in [0.1, 0.15) is 23.5 Å². The molecule has 20 heavy (non-hydrogen) atoms. The van der Waals surface area contributed by atoms with Crippen molar-refractivity contribution in [2.75, 3.05) is 20.8 Å². The number of nitrogens with zero attached hydrogens (tertiary/aromatic N) is 1. The molecule has 106 valence electrons. The van der Waals surface area contributed by atoms with Gasteiger partial charge >= 0.3 is 0 Å². The van der Waals surface area contributed by atoms with E-state index in [4.69, 9.17) is 14.5 Å². The zero-order valence-electron chi connectivity index (χ0n) is 12.1. The van der Waals surface area contributed by atoms with Gasteiger partial charge in [-0.1, -0.05) is 37.4 Å². The number of allylic oxidation sites excluding steroid dienone is 1. The van der Waals surface area contributed by atoms with Crippen LogP contribution in [0.25, 0.3) is 0 Å². The van der Waals surface area contributed by atoms with E-state index in [0.717, 1.165) is 17.7 Å². The van der Waals surface area contributed by atoms with Crippen molar-refractivity contribution >= 4 is 5.71 Å². The molecule has 0 fully saturated rings. The van der Waals surface area contributed by atoms with Crippen LogP contribution in [0, 0.1) is 0 Å². The molecule has 3 nitrogen and oxygen atoms in total. The molecule has 1 aromatic carbocycles. The van der Waals surface area contributed by atoms with Gasteiger partial charge in [-0.2, -0.15) is 0 Å². The Kier molecular flexibility index (Phi) is 4.74. The standard InChI is InChI=1S/C17H21NO2/c1-5-16-14-9-7-6-8-13(14)15(10-11-19-3)17(18-16)12(2)20-4/h5-9,15,17H,1-2,10-11H2,3-4H3. The number of fused-ring (bicyclic) bond motifs is 1. The van der Waals surface area contributed by atoms with Crippen molar-refractivity contribution in [3.8, 4) is 0 Å². The van der Waals surface area contributed by atoms with Gasteiger partial charge < -0.3 is 9.47 Å². The van der Waals surface area contributed by atoms with Crippen LogP contribution in [0.15, 0.2) is 54.3 Å².